The van der Waals surface area contributed by atoms with Gasteiger partial charge in [-0.15, -0.1) is 12.4 Å². The second-order valence-electron chi connectivity index (χ2n) is 6.21. The summed E-state index contributed by atoms with van der Waals surface area (Å²) in [4.78, 5) is 14.4. The number of carbonyl (C=O) groups excluding carboxylic acids is 1. The number of benzene rings is 1. The highest BCUT2D eigenvalue weighted by Gasteiger charge is 2.35. The normalized spacial score (nSPS) is 26.6. The molecular formula is C16H23ClIN3O. The van der Waals surface area contributed by atoms with E-state index in [2.05, 4.69) is 45.2 Å². The number of hydrogen-bond acceptors (Lipinski definition) is 3. The van der Waals surface area contributed by atoms with Crippen molar-refractivity contribution in [2.45, 2.75) is 43.8 Å². The lowest BCUT2D eigenvalue weighted by molar-refractivity contribution is -0.117. The number of piperidine rings is 1. The van der Waals surface area contributed by atoms with Gasteiger partial charge in [0.05, 0.1) is 12.2 Å². The van der Waals surface area contributed by atoms with Crippen LogP contribution in [0.2, 0.25) is 0 Å². The SMILES string of the molecule is CN(CC(=O)Nc1ccccc1I)C1CC2CCC(C1)N2.Cl. The van der Waals surface area contributed by atoms with E-state index in [4.69, 9.17) is 0 Å². The Morgan fingerprint density at radius 1 is 1.32 bits per heavy atom. The first-order valence-corrected chi connectivity index (χ1v) is 8.70. The zero-order valence-corrected chi connectivity index (χ0v) is 15.7. The average Bonchev–Trinajstić information content (AvgIpc) is 2.80. The van der Waals surface area contributed by atoms with Gasteiger partial charge in [-0.05, 0) is 67.5 Å². The molecule has 0 aromatic heterocycles. The Hall–Kier alpha value is -0.370. The predicted octanol–water partition coefficient (Wildman–Crippen LogP) is 2.87. The van der Waals surface area contributed by atoms with Gasteiger partial charge < -0.3 is 10.6 Å². The molecule has 0 spiro atoms. The largest absolute Gasteiger partial charge is 0.324 e. The van der Waals surface area contributed by atoms with E-state index in [0.717, 1.165) is 9.26 Å². The molecule has 2 bridgehead atoms. The molecule has 2 N–H and O–H groups in total. The Labute approximate surface area is 152 Å². The second-order valence-corrected chi connectivity index (χ2v) is 7.37. The van der Waals surface area contributed by atoms with Crippen LogP contribution in [0.4, 0.5) is 5.69 Å². The molecule has 3 rings (SSSR count). The van der Waals surface area contributed by atoms with Crippen LogP contribution >= 0.6 is 35.0 Å². The van der Waals surface area contributed by atoms with Crippen LogP contribution in [0.5, 0.6) is 0 Å². The van der Waals surface area contributed by atoms with Gasteiger partial charge in [-0.25, -0.2) is 0 Å². The Morgan fingerprint density at radius 3 is 2.59 bits per heavy atom. The van der Waals surface area contributed by atoms with Gasteiger partial charge in [-0.3, -0.25) is 9.69 Å². The lowest BCUT2D eigenvalue weighted by Crippen LogP contribution is -2.48. The number of carbonyl (C=O) groups is 1. The van der Waals surface area contributed by atoms with Gasteiger partial charge in [0.15, 0.2) is 0 Å². The molecule has 1 aromatic rings. The molecule has 22 heavy (non-hydrogen) atoms. The molecule has 2 fully saturated rings. The second kappa shape index (κ2) is 7.95. The Morgan fingerprint density at radius 2 is 1.95 bits per heavy atom. The van der Waals surface area contributed by atoms with Crippen LogP contribution in [0.15, 0.2) is 24.3 Å². The minimum absolute atomic E-state index is 0. The van der Waals surface area contributed by atoms with Crippen molar-refractivity contribution in [1.82, 2.24) is 10.2 Å². The van der Waals surface area contributed by atoms with Crippen molar-refractivity contribution in [2.75, 3.05) is 18.9 Å². The summed E-state index contributed by atoms with van der Waals surface area (Å²) < 4.78 is 1.08. The number of para-hydroxylation sites is 1. The molecule has 0 aliphatic carbocycles. The third kappa shape index (κ3) is 4.34. The number of fused-ring (bicyclic) bond motifs is 2. The summed E-state index contributed by atoms with van der Waals surface area (Å²) in [5, 5.41) is 6.66. The van der Waals surface area contributed by atoms with Gasteiger partial charge in [0.25, 0.3) is 0 Å². The molecule has 2 unspecified atom stereocenters. The molecule has 122 valence electrons. The smallest absolute Gasteiger partial charge is 0.238 e. The first-order valence-electron chi connectivity index (χ1n) is 7.62. The van der Waals surface area contributed by atoms with Crippen molar-refractivity contribution in [2.24, 2.45) is 0 Å². The fourth-order valence-electron chi connectivity index (χ4n) is 3.50. The number of halogens is 2. The van der Waals surface area contributed by atoms with Gasteiger partial charge in [0.2, 0.25) is 5.91 Å². The van der Waals surface area contributed by atoms with E-state index in [1.165, 1.54) is 25.7 Å². The summed E-state index contributed by atoms with van der Waals surface area (Å²) in [6, 6.07) is 9.74. The first-order chi connectivity index (χ1) is 10.1. The molecule has 4 nitrogen and oxygen atoms in total. The van der Waals surface area contributed by atoms with Crippen molar-refractivity contribution in [3.63, 3.8) is 0 Å². The number of nitrogens with zero attached hydrogens (tertiary/aromatic N) is 1. The topological polar surface area (TPSA) is 44.4 Å². The number of nitrogens with one attached hydrogen (secondary N) is 2. The first kappa shape index (κ1) is 18.0. The fourth-order valence-corrected chi connectivity index (χ4v) is 4.02. The summed E-state index contributed by atoms with van der Waals surface area (Å²) in [7, 11) is 2.07. The highest BCUT2D eigenvalue weighted by atomic mass is 127. The van der Waals surface area contributed by atoms with E-state index in [1.54, 1.807) is 0 Å². The number of anilines is 1. The zero-order chi connectivity index (χ0) is 14.8. The molecule has 2 aliphatic heterocycles. The van der Waals surface area contributed by atoms with Gasteiger partial charge in [0, 0.05) is 21.7 Å². The van der Waals surface area contributed by atoms with Gasteiger partial charge in [-0.2, -0.15) is 0 Å². The number of hydrogen-bond donors (Lipinski definition) is 2. The quantitative estimate of drug-likeness (QED) is 0.715. The molecule has 6 heteroatoms. The van der Waals surface area contributed by atoms with E-state index in [-0.39, 0.29) is 18.3 Å². The molecule has 2 heterocycles. The van der Waals surface area contributed by atoms with E-state index in [1.807, 2.05) is 24.3 Å². The third-order valence-electron chi connectivity index (χ3n) is 4.61. The summed E-state index contributed by atoms with van der Waals surface area (Å²) in [5.41, 5.74) is 0.905. The minimum atomic E-state index is 0. The van der Waals surface area contributed by atoms with Crippen LogP contribution in [-0.2, 0) is 4.79 Å². The summed E-state index contributed by atoms with van der Waals surface area (Å²) in [6.45, 7) is 0.467. The maximum atomic E-state index is 12.2. The maximum absolute atomic E-state index is 12.2. The van der Waals surface area contributed by atoms with Crippen molar-refractivity contribution >= 4 is 46.6 Å². The summed E-state index contributed by atoms with van der Waals surface area (Å²) in [5.74, 6) is 0.0764. The molecule has 2 atom stereocenters. The van der Waals surface area contributed by atoms with Crippen molar-refractivity contribution < 1.29 is 4.79 Å². The molecule has 2 aliphatic rings. The van der Waals surface area contributed by atoms with Crippen LogP contribution in [0.1, 0.15) is 25.7 Å². The Kier molecular flexibility index (Phi) is 6.49. The standard InChI is InChI=1S/C16H22IN3O.ClH/c1-20(13-8-11-6-7-12(9-13)18-11)10-16(21)19-15-5-3-2-4-14(15)17;/h2-5,11-13,18H,6-10H2,1H3,(H,19,21);1H. The van der Waals surface area contributed by atoms with Crippen LogP contribution in [0, 0.1) is 3.57 Å². The van der Waals surface area contributed by atoms with E-state index in [9.17, 15) is 4.79 Å². The van der Waals surface area contributed by atoms with Gasteiger partial charge >= 0.3 is 0 Å². The molecule has 1 aromatic carbocycles. The lowest BCUT2D eigenvalue weighted by Gasteiger charge is -2.35. The van der Waals surface area contributed by atoms with Crippen molar-refractivity contribution in [1.29, 1.82) is 0 Å². The molecular weight excluding hydrogens is 413 g/mol. The summed E-state index contributed by atoms with van der Waals surface area (Å²) in [6.07, 6.45) is 4.93. The molecule has 2 saturated heterocycles. The van der Waals surface area contributed by atoms with Crippen LogP contribution < -0.4 is 10.6 Å². The van der Waals surface area contributed by atoms with Crippen LogP contribution in [0.3, 0.4) is 0 Å². The number of likely N-dealkylation sites (N-methyl/N-ethyl adjacent to an activating group) is 1. The van der Waals surface area contributed by atoms with E-state index in [0.29, 0.717) is 24.7 Å². The number of amides is 1. The fraction of sp³-hybridized carbons (Fsp3) is 0.562. The highest BCUT2D eigenvalue weighted by molar-refractivity contribution is 14.1. The Balaban J connectivity index is 0.00000176. The van der Waals surface area contributed by atoms with Gasteiger partial charge in [-0.1, -0.05) is 12.1 Å². The van der Waals surface area contributed by atoms with Crippen molar-refractivity contribution in [3.05, 3.63) is 27.8 Å². The van der Waals surface area contributed by atoms with E-state index >= 15 is 0 Å². The van der Waals surface area contributed by atoms with Crippen molar-refractivity contribution in [3.8, 4) is 0 Å². The minimum Gasteiger partial charge on any atom is -0.324 e. The molecule has 1 amide bonds. The predicted molar refractivity (Wildman–Crippen MR) is 101 cm³/mol. The molecule has 0 saturated carbocycles. The van der Waals surface area contributed by atoms with Crippen LogP contribution in [0.25, 0.3) is 0 Å². The van der Waals surface area contributed by atoms with Gasteiger partial charge in [0.1, 0.15) is 0 Å². The zero-order valence-electron chi connectivity index (χ0n) is 12.7. The maximum Gasteiger partial charge on any atom is 0.238 e. The monoisotopic (exact) mass is 435 g/mol. The lowest BCUT2D eigenvalue weighted by atomic mass is 9.98. The summed E-state index contributed by atoms with van der Waals surface area (Å²) >= 11 is 2.25. The average molecular weight is 436 g/mol. The third-order valence-corrected chi connectivity index (χ3v) is 5.55. The number of rotatable bonds is 4. The van der Waals surface area contributed by atoms with E-state index < -0.39 is 0 Å². The Bertz CT molecular complexity index is 516. The molecule has 0 radical (unpaired) electrons. The van der Waals surface area contributed by atoms with Crippen LogP contribution in [-0.4, -0.2) is 42.5 Å². The highest BCUT2D eigenvalue weighted by Crippen LogP contribution is 2.29.